The molecule has 24 heavy (non-hydrogen) atoms. The van der Waals surface area contributed by atoms with E-state index in [4.69, 9.17) is 25.8 Å². The van der Waals surface area contributed by atoms with Crippen LogP contribution in [0, 0.1) is 0 Å². The van der Waals surface area contributed by atoms with Crippen molar-refractivity contribution in [1.29, 1.82) is 0 Å². The highest BCUT2D eigenvalue weighted by atomic mass is 35.5. The van der Waals surface area contributed by atoms with Crippen molar-refractivity contribution in [2.75, 3.05) is 20.4 Å². The highest BCUT2D eigenvalue weighted by molar-refractivity contribution is 7.89. The van der Waals surface area contributed by atoms with Gasteiger partial charge in [0.25, 0.3) is 0 Å². The van der Waals surface area contributed by atoms with Crippen molar-refractivity contribution in [3.05, 3.63) is 47.0 Å². The summed E-state index contributed by atoms with van der Waals surface area (Å²) in [5.74, 6) is 1.62. The van der Waals surface area contributed by atoms with Crippen molar-refractivity contribution in [2.45, 2.75) is 11.3 Å². The summed E-state index contributed by atoms with van der Waals surface area (Å²) in [5.41, 5.74) is 0.944. The molecule has 128 valence electrons. The van der Waals surface area contributed by atoms with E-state index in [1.807, 2.05) is 18.2 Å². The fraction of sp³-hybridized carbons (Fsp3) is 0.250. The number of benzene rings is 2. The molecule has 1 aliphatic heterocycles. The van der Waals surface area contributed by atoms with Gasteiger partial charge in [-0.3, -0.25) is 0 Å². The van der Waals surface area contributed by atoms with Gasteiger partial charge in [-0.1, -0.05) is 17.7 Å². The van der Waals surface area contributed by atoms with E-state index >= 15 is 0 Å². The van der Waals surface area contributed by atoms with Crippen LogP contribution in [0.2, 0.25) is 5.02 Å². The van der Waals surface area contributed by atoms with Gasteiger partial charge < -0.3 is 14.2 Å². The van der Waals surface area contributed by atoms with E-state index < -0.39 is 10.0 Å². The standard InChI is InChI=1S/C16H16ClNO5S/c1-21-14-5-3-12(17)9-16(14)24(19,20)18-7-6-11-2-4-13-15(8-11)23-10-22-13/h2-5,8-9,18H,6-7,10H2,1H3. The van der Waals surface area contributed by atoms with Gasteiger partial charge in [0.05, 0.1) is 7.11 Å². The van der Waals surface area contributed by atoms with Crippen LogP contribution in [0.25, 0.3) is 0 Å². The smallest absolute Gasteiger partial charge is 0.244 e. The van der Waals surface area contributed by atoms with Crippen LogP contribution >= 0.6 is 11.6 Å². The summed E-state index contributed by atoms with van der Waals surface area (Å²) in [4.78, 5) is 0.0168. The molecule has 2 aromatic rings. The zero-order valence-electron chi connectivity index (χ0n) is 12.9. The number of methoxy groups -OCH3 is 1. The number of rotatable bonds is 6. The average molecular weight is 370 g/mol. The Morgan fingerprint density at radius 2 is 1.96 bits per heavy atom. The van der Waals surface area contributed by atoms with Gasteiger partial charge in [0, 0.05) is 11.6 Å². The Morgan fingerprint density at radius 3 is 2.75 bits per heavy atom. The Kier molecular flexibility index (Phi) is 4.84. The minimum atomic E-state index is -3.72. The predicted octanol–water partition coefficient (Wildman–Crippen LogP) is 2.60. The Bertz CT molecular complexity index is 854. The lowest BCUT2D eigenvalue weighted by Crippen LogP contribution is -2.26. The Morgan fingerprint density at radius 1 is 1.17 bits per heavy atom. The molecule has 1 N–H and O–H groups in total. The molecule has 0 saturated heterocycles. The lowest BCUT2D eigenvalue weighted by Gasteiger charge is -2.11. The van der Waals surface area contributed by atoms with Gasteiger partial charge in [-0.25, -0.2) is 13.1 Å². The Balaban J connectivity index is 1.68. The summed E-state index contributed by atoms with van der Waals surface area (Å²) in [6.07, 6.45) is 0.513. The van der Waals surface area contributed by atoms with Gasteiger partial charge in [-0.15, -0.1) is 0 Å². The number of ether oxygens (including phenoxy) is 3. The summed E-state index contributed by atoms with van der Waals surface area (Å²) in [6.45, 7) is 0.442. The molecule has 0 amide bonds. The van der Waals surface area contributed by atoms with E-state index in [0.717, 1.165) is 5.56 Å². The molecule has 1 heterocycles. The minimum absolute atomic E-state index is 0.0168. The van der Waals surface area contributed by atoms with Gasteiger partial charge >= 0.3 is 0 Å². The van der Waals surface area contributed by atoms with E-state index in [1.165, 1.54) is 19.2 Å². The topological polar surface area (TPSA) is 73.9 Å². The molecule has 0 aliphatic carbocycles. The summed E-state index contributed by atoms with van der Waals surface area (Å²) in [5, 5.41) is 0.326. The molecule has 0 fully saturated rings. The molecule has 8 heteroatoms. The van der Waals surface area contributed by atoms with Crippen molar-refractivity contribution < 1.29 is 22.6 Å². The molecule has 0 saturated carbocycles. The van der Waals surface area contributed by atoms with Crippen LogP contribution in [0.3, 0.4) is 0 Å². The van der Waals surface area contributed by atoms with Gasteiger partial charge in [0.1, 0.15) is 10.6 Å². The molecular weight excluding hydrogens is 354 g/mol. The molecule has 0 aromatic heterocycles. The molecule has 0 bridgehead atoms. The van der Waals surface area contributed by atoms with E-state index in [-0.39, 0.29) is 24.0 Å². The zero-order chi connectivity index (χ0) is 17.2. The van der Waals surface area contributed by atoms with Crippen molar-refractivity contribution in [3.63, 3.8) is 0 Å². The molecule has 2 aromatic carbocycles. The SMILES string of the molecule is COc1ccc(Cl)cc1S(=O)(=O)NCCc1ccc2c(c1)OCO2. The third-order valence-electron chi connectivity index (χ3n) is 3.56. The van der Waals surface area contributed by atoms with Crippen molar-refractivity contribution in [3.8, 4) is 17.2 Å². The first kappa shape index (κ1) is 16.9. The molecule has 1 aliphatic rings. The molecule has 0 spiro atoms. The first-order chi connectivity index (χ1) is 11.5. The molecule has 0 radical (unpaired) electrons. The molecule has 6 nitrogen and oxygen atoms in total. The van der Waals surface area contributed by atoms with Crippen LogP contribution in [-0.2, 0) is 16.4 Å². The number of sulfonamides is 1. The highest BCUT2D eigenvalue weighted by Crippen LogP contribution is 2.32. The Hall–Kier alpha value is -1.96. The second kappa shape index (κ2) is 6.88. The summed E-state index contributed by atoms with van der Waals surface area (Å²) in [7, 11) is -2.31. The van der Waals surface area contributed by atoms with Crippen LogP contribution in [0.5, 0.6) is 17.2 Å². The normalized spacial score (nSPS) is 13.1. The first-order valence-corrected chi connectivity index (χ1v) is 9.07. The van der Waals surface area contributed by atoms with Crippen molar-refractivity contribution in [1.82, 2.24) is 4.72 Å². The van der Waals surface area contributed by atoms with Crippen LogP contribution in [0.4, 0.5) is 0 Å². The monoisotopic (exact) mass is 369 g/mol. The molecule has 3 rings (SSSR count). The highest BCUT2D eigenvalue weighted by Gasteiger charge is 2.20. The number of nitrogens with one attached hydrogen (secondary N) is 1. The lowest BCUT2D eigenvalue weighted by atomic mass is 10.1. The number of hydrogen-bond donors (Lipinski definition) is 1. The number of halogens is 1. The molecular formula is C16H16ClNO5S. The van der Waals surface area contributed by atoms with Gasteiger partial charge in [-0.2, -0.15) is 0 Å². The second-order valence-electron chi connectivity index (χ2n) is 5.13. The van der Waals surface area contributed by atoms with E-state index in [9.17, 15) is 8.42 Å². The maximum absolute atomic E-state index is 12.4. The number of hydrogen-bond acceptors (Lipinski definition) is 5. The second-order valence-corrected chi connectivity index (χ2v) is 7.30. The third kappa shape index (κ3) is 3.58. The Labute approximate surface area is 145 Å². The van der Waals surface area contributed by atoms with Gasteiger partial charge in [0.15, 0.2) is 11.5 Å². The van der Waals surface area contributed by atoms with Gasteiger partial charge in [-0.05, 0) is 42.3 Å². The van der Waals surface area contributed by atoms with Crippen LogP contribution in [0.15, 0.2) is 41.3 Å². The van der Waals surface area contributed by atoms with E-state index in [0.29, 0.717) is 22.9 Å². The van der Waals surface area contributed by atoms with Crippen molar-refractivity contribution in [2.24, 2.45) is 0 Å². The van der Waals surface area contributed by atoms with Crippen LogP contribution in [-0.4, -0.2) is 28.9 Å². The lowest BCUT2D eigenvalue weighted by molar-refractivity contribution is 0.174. The maximum atomic E-state index is 12.4. The largest absolute Gasteiger partial charge is 0.495 e. The quantitative estimate of drug-likeness (QED) is 0.847. The number of fused-ring (bicyclic) bond motifs is 1. The summed E-state index contributed by atoms with van der Waals surface area (Å²) >= 11 is 5.89. The minimum Gasteiger partial charge on any atom is -0.495 e. The molecule has 0 unspecified atom stereocenters. The fourth-order valence-corrected chi connectivity index (χ4v) is 3.83. The maximum Gasteiger partial charge on any atom is 0.244 e. The summed E-state index contributed by atoms with van der Waals surface area (Å²) in [6, 6.07) is 9.99. The van der Waals surface area contributed by atoms with E-state index in [1.54, 1.807) is 6.07 Å². The third-order valence-corrected chi connectivity index (χ3v) is 5.28. The summed E-state index contributed by atoms with van der Waals surface area (Å²) < 4.78 is 43.1. The average Bonchev–Trinajstić information content (AvgIpc) is 3.02. The predicted molar refractivity (Wildman–Crippen MR) is 89.5 cm³/mol. The van der Waals surface area contributed by atoms with Gasteiger partial charge in [0.2, 0.25) is 16.8 Å². The van der Waals surface area contributed by atoms with Crippen molar-refractivity contribution >= 4 is 21.6 Å². The van der Waals surface area contributed by atoms with Crippen LogP contribution in [0.1, 0.15) is 5.56 Å². The van der Waals surface area contributed by atoms with Crippen LogP contribution < -0.4 is 18.9 Å². The van der Waals surface area contributed by atoms with E-state index in [2.05, 4.69) is 4.72 Å². The molecule has 0 atom stereocenters. The first-order valence-electron chi connectivity index (χ1n) is 7.21. The fourth-order valence-electron chi connectivity index (χ4n) is 2.36. The zero-order valence-corrected chi connectivity index (χ0v) is 14.5.